The van der Waals surface area contributed by atoms with Crippen LogP contribution in [-0.4, -0.2) is 53.0 Å². The zero-order chi connectivity index (χ0) is 14.6. The van der Waals surface area contributed by atoms with Crippen LogP contribution < -0.4 is 5.32 Å². The summed E-state index contributed by atoms with van der Waals surface area (Å²) in [4.78, 5) is 9.72. The molecule has 4 heteroatoms. The molecular weight excluding hydrogens is 248 g/mol. The van der Waals surface area contributed by atoms with Crippen LogP contribution in [0.25, 0.3) is 0 Å². The van der Waals surface area contributed by atoms with E-state index in [4.69, 9.17) is 0 Å². The van der Waals surface area contributed by atoms with Gasteiger partial charge in [0.05, 0.1) is 5.69 Å². The summed E-state index contributed by atoms with van der Waals surface area (Å²) in [5.74, 6) is 0.985. The lowest BCUT2D eigenvalue weighted by Crippen LogP contribution is -2.53. The number of nitrogens with zero attached hydrogens (tertiary/aromatic N) is 3. The van der Waals surface area contributed by atoms with Gasteiger partial charge in [0.2, 0.25) is 0 Å². The molecule has 0 saturated carbocycles. The van der Waals surface area contributed by atoms with Gasteiger partial charge in [-0.25, -0.2) is 4.98 Å². The Morgan fingerprint density at radius 2 is 1.85 bits per heavy atom. The van der Waals surface area contributed by atoms with E-state index in [2.05, 4.69) is 59.9 Å². The van der Waals surface area contributed by atoms with Crippen LogP contribution in [0.1, 0.15) is 33.4 Å². The molecule has 0 bridgehead atoms. The fraction of sp³-hybridized carbons (Fsp3) is 0.688. The molecule has 0 amide bonds. The van der Waals surface area contributed by atoms with Crippen molar-refractivity contribution in [2.45, 2.75) is 39.8 Å². The van der Waals surface area contributed by atoms with Gasteiger partial charge in [0.15, 0.2) is 0 Å². The maximum Gasteiger partial charge on any atom is 0.126 e. The highest BCUT2D eigenvalue weighted by molar-refractivity contribution is 5.34. The average molecular weight is 276 g/mol. The highest BCUT2D eigenvalue weighted by Crippen LogP contribution is 2.17. The Labute approximate surface area is 123 Å². The van der Waals surface area contributed by atoms with Gasteiger partial charge in [-0.05, 0) is 39.8 Å². The molecule has 0 spiro atoms. The first-order chi connectivity index (χ1) is 9.49. The van der Waals surface area contributed by atoms with Crippen LogP contribution in [-0.2, 0) is 6.54 Å². The summed E-state index contributed by atoms with van der Waals surface area (Å²) in [7, 11) is 0. The fourth-order valence-electron chi connectivity index (χ4n) is 2.65. The lowest BCUT2D eigenvalue weighted by molar-refractivity contribution is 0.0586. The molecule has 2 heterocycles. The van der Waals surface area contributed by atoms with Crippen molar-refractivity contribution in [2.75, 3.05) is 38.0 Å². The molecular formula is C16H28N4. The molecule has 0 unspecified atom stereocenters. The fourth-order valence-corrected chi connectivity index (χ4v) is 2.65. The molecule has 0 atom stereocenters. The molecule has 0 aromatic carbocycles. The zero-order valence-electron chi connectivity index (χ0n) is 13.3. The van der Waals surface area contributed by atoms with Gasteiger partial charge < -0.3 is 5.32 Å². The first-order valence-electron chi connectivity index (χ1n) is 7.66. The Morgan fingerprint density at radius 1 is 1.15 bits per heavy atom. The van der Waals surface area contributed by atoms with E-state index in [1.807, 2.05) is 6.07 Å². The van der Waals surface area contributed by atoms with E-state index >= 15 is 0 Å². The van der Waals surface area contributed by atoms with Crippen molar-refractivity contribution in [3.63, 3.8) is 0 Å². The predicted molar refractivity (Wildman–Crippen MR) is 85.0 cm³/mol. The summed E-state index contributed by atoms with van der Waals surface area (Å²) in [5, 5.41) is 3.27. The Balaban J connectivity index is 1.88. The normalized spacial score (nSPS) is 18.2. The smallest absolute Gasteiger partial charge is 0.126 e. The van der Waals surface area contributed by atoms with Crippen LogP contribution >= 0.6 is 0 Å². The van der Waals surface area contributed by atoms with Gasteiger partial charge in [0, 0.05) is 44.8 Å². The molecule has 1 aliphatic heterocycles. The molecule has 0 radical (unpaired) electrons. The average Bonchev–Trinajstić information content (AvgIpc) is 2.39. The summed E-state index contributed by atoms with van der Waals surface area (Å²) in [5.41, 5.74) is 1.45. The molecule has 2 rings (SSSR count). The molecule has 1 fully saturated rings. The number of anilines is 1. The standard InChI is InChI=1S/C16H28N4/c1-5-17-15-8-6-7-14(18-15)13-19-9-11-20(12-10-19)16(2,3)4/h6-8H,5,9-13H2,1-4H3,(H,17,18). The largest absolute Gasteiger partial charge is 0.370 e. The van der Waals surface area contributed by atoms with Crippen molar-refractivity contribution in [1.82, 2.24) is 14.8 Å². The minimum atomic E-state index is 0.287. The van der Waals surface area contributed by atoms with Crippen LogP contribution in [0.15, 0.2) is 18.2 Å². The lowest BCUT2D eigenvalue weighted by Gasteiger charge is -2.42. The van der Waals surface area contributed by atoms with Gasteiger partial charge in [0.1, 0.15) is 5.82 Å². The van der Waals surface area contributed by atoms with Gasteiger partial charge in [0.25, 0.3) is 0 Å². The second-order valence-corrected chi connectivity index (χ2v) is 6.48. The summed E-state index contributed by atoms with van der Waals surface area (Å²) in [6.45, 7) is 15.4. The molecule has 1 aromatic heterocycles. The van der Waals surface area contributed by atoms with E-state index < -0.39 is 0 Å². The summed E-state index contributed by atoms with van der Waals surface area (Å²) < 4.78 is 0. The SMILES string of the molecule is CCNc1cccc(CN2CCN(C(C)(C)C)CC2)n1. The maximum absolute atomic E-state index is 4.66. The number of hydrogen-bond donors (Lipinski definition) is 1. The second-order valence-electron chi connectivity index (χ2n) is 6.48. The number of rotatable bonds is 4. The number of piperazine rings is 1. The minimum absolute atomic E-state index is 0.287. The number of nitrogens with one attached hydrogen (secondary N) is 1. The van der Waals surface area contributed by atoms with Crippen molar-refractivity contribution in [3.8, 4) is 0 Å². The van der Waals surface area contributed by atoms with Crippen LogP contribution in [0, 0.1) is 0 Å². The van der Waals surface area contributed by atoms with E-state index in [1.54, 1.807) is 0 Å². The van der Waals surface area contributed by atoms with Crippen molar-refractivity contribution in [2.24, 2.45) is 0 Å². The molecule has 4 nitrogen and oxygen atoms in total. The van der Waals surface area contributed by atoms with E-state index in [9.17, 15) is 0 Å². The van der Waals surface area contributed by atoms with Gasteiger partial charge in [-0.1, -0.05) is 6.07 Å². The van der Waals surface area contributed by atoms with Crippen LogP contribution in [0.4, 0.5) is 5.82 Å². The summed E-state index contributed by atoms with van der Waals surface area (Å²) in [6, 6.07) is 6.24. The summed E-state index contributed by atoms with van der Waals surface area (Å²) in [6.07, 6.45) is 0. The Hall–Kier alpha value is -1.13. The molecule has 1 saturated heterocycles. The van der Waals surface area contributed by atoms with Crippen molar-refractivity contribution < 1.29 is 0 Å². The van der Waals surface area contributed by atoms with Crippen LogP contribution in [0.3, 0.4) is 0 Å². The quantitative estimate of drug-likeness (QED) is 0.915. The first-order valence-corrected chi connectivity index (χ1v) is 7.66. The molecule has 1 aliphatic rings. The van der Waals surface area contributed by atoms with Crippen molar-refractivity contribution >= 4 is 5.82 Å². The molecule has 112 valence electrons. The Bertz CT molecular complexity index is 417. The van der Waals surface area contributed by atoms with Crippen molar-refractivity contribution in [1.29, 1.82) is 0 Å². The highest BCUT2D eigenvalue weighted by Gasteiger charge is 2.25. The third-order valence-corrected chi connectivity index (χ3v) is 3.87. The Morgan fingerprint density at radius 3 is 2.45 bits per heavy atom. The third-order valence-electron chi connectivity index (χ3n) is 3.87. The van der Waals surface area contributed by atoms with E-state index in [-0.39, 0.29) is 5.54 Å². The van der Waals surface area contributed by atoms with Gasteiger partial charge in [-0.3, -0.25) is 9.80 Å². The van der Waals surface area contributed by atoms with E-state index in [0.717, 1.165) is 50.8 Å². The number of aromatic nitrogens is 1. The molecule has 1 aromatic rings. The zero-order valence-corrected chi connectivity index (χ0v) is 13.3. The molecule has 20 heavy (non-hydrogen) atoms. The Kier molecular flexibility index (Phi) is 5.00. The molecule has 0 aliphatic carbocycles. The van der Waals surface area contributed by atoms with Gasteiger partial charge in [-0.2, -0.15) is 0 Å². The van der Waals surface area contributed by atoms with Crippen molar-refractivity contribution in [3.05, 3.63) is 23.9 Å². The topological polar surface area (TPSA) is 31.4 Å². The number of hydrogen-bond acceptors (Lipinski definition) is 4. The second kappa shape index (κ2) is 6.55. The first kappa shape index (κ1) is 15.3. The van der Waals surface area contributed by atoms with Gasteiger partial charge >= 0.3 is 0 Å². The maximum atomic E-state index is 4.66. The molecule has 1 N–H and O–H groups in total. The predicted octanol–water partition coefficient (Wildman–Crippen LogP) is 2.43. The van der Waals surface area contributed by atoms with E-state index in [1.165, 1.54) is 0 Å². The van der Waals surface area contributed by atoms with Gasteiger partial charge in [-0.15, -0.1) is 0 Å². The number of pyridine rings is 1. The van der Waals surface area contributed by atoms with Crippen LogP contribution in [0.5, 0.6) is 0 Å². The monoisotopic (exact) mass is 276 g/mol. The van der Waals surface area contributed by atoms with E-state index in [0.29, 0.717) is 0 Å². The minimum Gasteiger partial charge on any atom is -0.370 e. The van der Waals surface area contributed by atoms with Crippen LogP contribution in [0.2, 0.25) is 0 Å². The highest BCUT2D eigenvalue weighted by atomic mass is 15.3. The third kappa shape index (κ3) is 4.18. The summed E-state index contributed by atoms with van der Waals surface area (Å²) >= 11 is 0. The lowest BCUT2D eigenvalue weighted by atomic mass is 10.0.